The maximum absolute atomic E-state index is 9.19. The Morgan fingerprint density at radius 2 is 2.18 bits per heavy atom. The van der Waals surface area contributed by atoms with Gasteiger partial charge in [0, 0.05) is 17.6 Å². The predicted molar refractivity (Wildman–Crippen MR) is 71.4 cm³/mol. The molecule has 1 fully saturated rings. The summed E-state index contributed by atoms with van der Waals surface area (Å²) in [6.07, 6.45) is 2.64. The summed E-state index contributed by atoms with van der Waals surface area (Å²) in [5.74, 6) is 0.805. The van der Waals surface area contributed by atoms with Gasteiger partial charge >= 0.3 is 0 Å². The zero-order valence-corrected chi connectivity index (χ0v) is 11.0. The van der Waals surface area contributed by atoms with Crippen molar-refractivity contribution in [2.24, 2.45) is 5.92 Å². The van der Waals surface area contributed by atoms with Crippen molar-refractivity contribution >= 4 is 17.3 Å². The summed E-state index contributed by atoms with van der Waals surface area (Å²) in [7, 11) is 0. The average molecular weight is 249 g/mol. The lowest BCUT2D eigenvalue weighted by Crippen LogP contribution is -2.33. The summed E-state index contributed by atoms with van der Waals surface area (Å²) in [5.41, 5.74) is 1.69. The summed E-state index contributed by atoms with van der Waals surface area (Å²) in [6, 6.07) is 8.22. The molecule has 17 heavy (non-hydrogen) atoms. The first kappa shape index (κ1) is 12.3. The van der Waals surface area contributed by atoms with E-state index in [-0.39, 0.29) is 0 Å². The Bertz CT molecular complexity index is 444. The van der Waals surface area contributed by atoms with Crippen LogP contribution >= 0.6 is 11.6 Å². The van der Waals surface area contributed by atoms with Crippen LogP contribution in [0.2, 0.25) is 5.02 Å². The molecule has 1 aliphatic carbocycles. The van der Waals surface area contributed by atoms with Gasteiger partial charge in [0.25, 0.3) is 0 Å². The van der Waals surface area contributed by atoms with E-state index in [0.29, 0.717) is 16.6 Å². The molecule has 90 valence electrons. The Labute approximate surface area is 108 Å². The maximum atomic E-state index is 9.19. The molecular formula is C14H17ClN2. The van der Waals surface area contributed by atoms with Crippen LogP contribution in [0.25, 0.3) is 0 Å². The van der Waals surface area contributed by atoms with Crippen molar-refractivity contribution in [1.82, 2.24) is 0 Å². The minimum Gasteiger partial charge on any atom is -0.368 e. The lowest BCUT2D eigenvalue weighted by atomic mass is 10.1. The van der Waals surface area contributed by atoms with Crippen molar-refractivity contribution in [3.8, 4) is 6.07 Å². The van der Waals surface area contributed by atoms with Gasteiger partial charge in [-0.1, -0.05) is 11.6 Å². The summed E-state index contributed by atoms with van der Waals surface area (Å²) in [5, 5.41) is 9.81. The predicted octanol–water partition coefficient (Wildman–Crippen LogP) is 3.84. The molecule has 2 rings (SSSR count). The topological polar surface area (TPSA) is 27.0 Å². The van der Waals surface area contributed by atoms with E-state index in [1.165, 1.54) is 12.8 Å². The van der Waals surface area contributed by atoms with Crippen LogP contribution in [-0.2, 0) is 0 Å². The third-order valence-corrected chi connectivity index (χ3v) is 3.40. The number of hydrogen-bond donors (Lipinski definition) is 0. The highest BCUT2D eigenvalue weighted by molar-refractivity contribution is 6.30. The van der Waals surface area contributed by atoms with E-state index < -0.39 is 0 Å². The normalized spacial score (nSPS) is 14.8. The standard InChI is InChI=1S/C14H17ClN2/c1-10(2)17(9-11-3-4-11)14-6-5-13(15)7-12(14)8-16/h5-7,10-11H,3-4,9H2,1-2H3. The quantitative estimate of drug-likeness (QED) is 0.810. The number of hydrogen-bond acceptors (Lipinski definition) is 2. The zero-order valence-electron chi connectivity index (χ0n) is 10.3. The third kappa shape index (κ3) is 2.92. The third-order valence-electron chi connectivity index (χ3n) is 3.16. The Balaban J connectivity index is 2.31. The van der Waals surface area contributed by atoms with Crippen molar-refractivity contribution in [3.63, 3.8) is 0 Å². The fourth-order valence-electron chi connectivity index (χ4n) is 2.01. The van der Waals surface area contributed by atoms with Gasteiger partial charge in [0.05, 0.1) is 11.3 Å². The highest BCUT2D eigenvalue weighted by Crippen LogP contribution is 2.34. The molecule has 0 atom stereocenters. The maximum Gasteiger partial charge on any atom is 0.101 e. The molecule has 0 N–H and O–H groups in total. The minimum atomic E-state index is 0.406. The molecule has 0 bridgehead atoms. The first-order chi connectivity index (χ1) is 8.11. The van der Waals surface area contributed by atoms with Crippen LogP contribution in [0, 0.1) is 17.2 Å². The van der Waals surface area contributed by atoms with Crippen LogP contribution in [-0.4, -0.2) is 12.6 Å². The van der Waals surface area contributed by atoms with Crippen molar-refractivity contribution in [1.29, 1.82) is 5.26 Å². The van der Waals surface area contributed by atoms with Crippen LogP contribution in [0.3, 0.4) is 0 Å². The highest BCUT2D eigenvalue weighted by Gasteiger charge is 2.26. The fraction of sp³-hybridized carbons (Fsp3) is 0.500. The van der Waals surface area contributed by atoms with E-state index in [2.05, 4.69) is 24.8 Å². The summed E-state index contributed by atoms with van der Waals surface area (Å²) in [4.78, 5) is 2.31. The SMILES string of the molecule is CC(C)N(CC1CC1)c1ccc(Cl)cc1C#N. The van der Waals surface area contributed by atoms with Gasteiger partial charge in [-0.15, -0.1) is 0 Å². The van der Waals surface area contributed by atoms with Gasteiger partial charge in [-0.2, -0.15) is 5.26 Å². The van der Waals surface area contributed by atoms with Gasteiger partial charge in [0.2, 0.25) is 0 Å². The number of anilines is 1. The van der Waals surface area contributed by atoms with Crippen LogP contribution in [0.5, 0.6) is 0 Å². The molecule has 0 amide bonds. The molecule has 3 heteroatoms. The van der Waals surface area contributed by atoms with Crippen molar-refractivity contribution in [2.75, 3.05) is 11.4 Å². The van der Waals surface area contributed by atoms with E-state index in [1.807, 2.05) is 12.1 Å². The van der Waals surface area contributed by atoms with E-state index in [0.717, 1.165) is 18.2 Å². The summed E-state index contributed by atoms with van der Waals surface area (Å²) < 4.78 is 0. The van der Waals surface area contributed by atoms with E-state index in [4.69, 9.17) is 11.6 Å². The van der Waals surface area contributed by atoms with E-state index in [1.54, 1.807) is 6.07 Å². The highest BCUT2D eigenvalue weighted by atomic mass is 35.5. The van der Waals surface area contributed by atoms with Gasteiger partial charge in [-0.3, -0.25) is 0 Å². The Hall–Kier alpha value is -1.20. The van der Waals surface area contributed by atoms with E-state index >= 15 is 0 Å². The lowest BCUT2D eigenvalue weighted by molar-refractivity contribution is 0.644. The van der Waals surface area contributed by atoms with Gasteiger partial charge < -0.3 is 4.90 Å². The molecule has 0 radical (unpaired) electrons. The number of nitriles is 1. The van der Waals surface area contributed by atoms with E-state index in [9.17, 15) is 5.26 Å². The molecule has 1 aliphatic rings. The van der Waals surface area contributed by atoms with Crippen LogP contribution in [0.1, 0.15) is 32.3 Å². The smallest absolute Gasteiger partial charge is 0.101 e. The molecule has 0 spiro atoms. The molecule has 0 aromatic heterocycles. The van der Waals surface area contributed by atoms with Crippen molar-refractivity contribution in [2.45, 2.75) is 32.7 Å². The minimum absolute atomic E-state index is 0.406. The number of nitrogens with zero attached hydrogens (tertiary/aromatic N) is 2. The second kappa shape index (κ2) is 4.98. The Kier molecular flexibility index (Phi) is 3.59. The summed E-state index contributed by atoms with van der Waals surface area (Å²) in [6.45, 7) is 5.38. The molecule has 0 unspecified atom stereocenters. The molecule has 1 aromatic carbocycles. The monoisotopic (exact) mass is 248 g/mol. The molecule has 1 aromatic rings. The number of benzene rings is 1. The molecule has 2 nitrogen and oxygen atoms in total. The lowest BCUT2D eigenvalue weighted by Gasteiger charge is -2.30. The first-order valence-electron chi connectivity index (χ1n) is 6.08. The van der Waals surface area contributed by atoms with Crippen LogP contribution in [0.4, 0.5) is 5.69 Å². The molecule has 0 saturated heterocycles. The van der Waals surface area contributed by atoms with Gasteiger partial charge in [-0.05, 0) is 50.8 Å². The Morgan fingerprint density at radius 1 is 1.47 bits per heavy atom. The number of rotatable bonds is 4. The Morgan fingerprint density at radius 3 is 2.71 bits per heavy atom. The van der Waals surface area contributed by atoms with Gasteiger partial charge in [-0.25, -0.2) is 0 Å². The second-order valence-corrected chi connectivity index (χ2v) is 5.40. The molecule has 0 heterocycles. The van der Waals surface area contributed by atoms with Crippen LogP contribution < -0.4 is 4.90 Å². The van der Waals surface area contributed by atoms with Crippen molar-refractivity contribution in [3.05, 3.63) is 28.8 Å². The number of halogens is 1. The van der Waals surface area contributed by atoms with Gasteiger partial charge in [0.15, 0.2) is 0 Å². The first-order valence-corrected chi connectivity index (χ1v) is 6.46. The van der Waals surface area contributed by atoms with Crippen LogP contribution in [0.15, 0.2) is 18.2 Å². The molecule has 0 aliphatic heterocycles. The van der Waals surface area contributed by atoms with Gasteiger partial charge in [0.1, 0.15) is 6.07 Å². The molecule has 1 saturated carbocycles. The average Bonchev–Trinajstić information content (AvgIpc) is 3.09. The summed E-state index contributed by atoms with van der Waals surface area (Å²) >= 11 is 5.93. The molecular weight excluding hydrogens is 232 g/mol. The fourth-order valence-corrected chi connectivity index (χ4v) is 2.19. The zero-order chi connectivity index (χ0) is 12.4. The largest absolute Gasteiger partial charge is 0.368 e. The second-order valence-electron chi connectivity index (χ2n) is 4.96. The van der Waals surface area contributed by atoms with Crippen molar-refractivity contribution < 1.29 is 0 Å².